The molecule has 0 saturated carbocycles. The van der Waals surface area contributed by atoms with E-state index in [1.807, 2.05) is 24.3 Å². The summed E-state index contributed by atoms with van der Waals surface area (Å²) in [6.45, 7) is 0. The molecular weight excluding hydrogens is 377 g/mol. The molecule has 0 spiro atoms. The van der Waals surface area contributed by atoms with Crippen molar-refractivity contribution < 1.29 is 8.42 Å². The average Bonchev–Trinajstić information content (AvgIpc) is 2.99. The van der Waals surface area contributed by atoms with E-state index in [-0.39, 0.29) is 5.75 Å². The van der Waals surface area contributed by atoms with Crippen LogP contribution in [-0.4, -0.2) is 8.42 Å². The Balaban J connectivity index is 1.72. The zero-order valence-electron chi connectivity index (χ0n) is 13.2. The minimum Gasteiger partial charge on any atom is -0.283 e. The third-order valence-corrected chi connectivity index (χ3v) is 6.45. The molecule has 3 aromatic rings. The Kier molecular flexibility index (Phi) is 4.14. The lowest BCUT2D eigenvalue weighted by atomic mass is 10.0. The molecule has 0 fully saturated rings. The van der Waals surface area contributed by atoms with Crippen LogP contribution in [-0.2, 0) is 28.6 Å². The van der Waals surface area contributed by atoms with Crippen LogP contribution in [0.4, 0.5) is 5.69 Å². The van der Waals surface area contributed by atoms with Crippen molar-refractivity contribution in [3.63, 3.8) is 0 Å². The smallest absolute Gasteiger partial charge is 0.237 e. The molecule has 1 aliphatic rings. The second-order valence-electron chi connectivity index (χ2n) is 6.17. The van der Waals surface area contributed by atoms with Crippen LogP contribution >= 0.6 is 23.2 Å². The number of hydrogen-bond donors (Lipinski definition) is 1. The Labute approximate surface area is 156 Å². The van der Waals surface area contributed by atoms with Gasteiger partial charge in [-0.15, -0.1) is 0 Å². The average molecular weight is 392 g/mol. The topological polar surface area (TPSA) is 46.2 Å². The van der Waals surface area contributed by atoms with E-state index in [4.69, 9.17) is 23.2 Å². The molecule has 1 aliphatic carbocycles. The molecule has 0 amide bonds. The van der Waals surface area contributed by atoms with Gasteiger partial charge < -0.3 is 0 Å². The molecule has 128 valence electrons. The monoisotopic (exact) mass is 391 g/mol. The van der Waals surface area contributed by atoms with Gasteiger partial charge in [0.05, 0.1) is 11.4 Å². The van der Waals surface area contributed by atoms with Gasteiger partial charge in [0, 0.05) is 21.0 Å². The van der Waals surface area contributed by atoms with Gasteiger partial charge in [0.25, 0.3) is 0 Å². The second kappa shape index (κ2) is 6.20. The van der Waals surface area contributed by atoms with Crippen LogP contribution in [0, 0.1) is 0 Å². The Morgan fingerprint density at radius 3 is 2.24 bits per heavy atom. The molecule has 0 aliphatic heterocycles. The van der Waals surface area contributed by atoms with Gasteiger partial charge in [-0.25, -0.2) is 8.42 Å². The second-order valence-corrected chi connectivity index (χ2v) is 8.71. The van der Waals surface area contributed by atoms with Crippen molar-refractivity contribution in [1.82, 2.24) is 0 Å². The number of sulfonamides is 1. The van der Waals surface area contributed by atoms with Crippen LogP contribution in [0.1, 0.15) is 16.7 Å². The Morgan fingerprint density at radius 1 is 0.880 bits per heavy atom. The zero-order chi connectivity index (χ0) is 17.6. The number of anilines is 1. The first kappa shape index (κ1) is 16.7. The highest BCUT2D eigenvalue weighted by molar-refractivity contribution is 7.92. The number of rotatable bonds is 4. The highest BCUT2D eigenvalue weighted by atomic mass is 35.5. The predicted molar refractivity (Wildman–Crippen MR) is 104 cm³/mol. The third kappa shape index (κ3) is 3.10. The maximum Gasteiger partial charge on any atom is 0.237 e. The predicted octanol–water partition coefficient (Wildman–Crippen LogP) is 5.19. The third-order valence-electron chi connectivity index (χ3n) is 4.54. The Hall–Kier alpha value is -1.75. The van der Waals surface area contributed by atoms with Crippen LogP contribution in [0.25, 0.3) is 10.8 Å². The fourth-order valence-corrected chi connectivity index (χ4v) is 5.37. The summed E-state index contributed by atoms with van der Waals surface area (Å²) in [7, 11) is -3.65. The molecule has 0 unspecified atom stereocenters. The van der Waals surface area contributed by atoms with Crippen molar-refractivity contribution in [2.45, 2.75) is 18.6 Å². The van der Waals surface area contributed by atoms with E-state index in [1.165, 1.54) is 16.5 Å². The summed E-state index contributed by atoms with van der Waals surface area (Å²) in [6.07, 6.45) is 2.00. The summed E-state index contributed by atoms with van der Waals surface area (Å²) in [5, 5.41) is 2.79. The lowest BCUT2D eigenvalue weighted by Crippen LogP contribution is -2.16. The van der Waals surface area contributed by atoms with E-state index in [9.17, 15) is 8.42 Å². The first-order chi connectivity index (χ1) is 11.9. The highest BCUT2D eigenvalue weighted by Gasteiger charge is 2.20. The van der Waals surface area contributed by atoms with E-state index in [0.29, 0.717) is 21.3 Å². The molecule has 1 N–H and O–H groups in total. The van der Waals surface area contributed by atoms with Crippen molar-refractivity contribution in [3.8, 4) is 0 Å². The normalized spacial score (nSPS) is 13.4. The van der Waals surface area contributed by atoms with Crippen LogP contribution in [0.2, 0.25) is 10.0 Å². The number of benzene rings is 3. The van der Waals surface area contributed by atoms with Crippen molar-refractivity contribution in [3.05, 3.63) is 75.3 Å². The van der Waals surface area contributed by atoms with Gasteiger partial charge in [-0.05, 0) is 47.6 Å². The molecule has 3 nitrogen and oxygen atoms in total. The summed E-state index contributed by atoms with van der Waals surface area (Å²) in [6, 6.07) is 14.8. The van der Waals surface area contributed by atoms with Crippen molar-refractivity contribution in [2.75, 3.05) is 4.72 Å². The van der Waals surface area contributed by atoms with Crippen LogP contribution in [0.3, 0.4) is 0 Å². The molecule has 4 rings (SSSR count). The van der Waals surface area contributed by atoms with Crippen molar-refractivity contribution >= 4 is 49.7 Å². The SMILES string of the molecule is O=S(=O)(Cc1c(Cl)cccc1Cl)Nc1ccc2c3c(cccc13)CC2. The first-order valence-corrected chi connectivity index (χ1v) is 10.3. The zero-order valence-corrected chi connectivity index (χ0v) is 15.5. The van der Waals surface area contributed by atoms with Gasteiger partial charge in [0.2, 0.25) is 10.0 Å². The van der Waals surface area contributed by atoms with E-state index >= 15 is 0 Å². The summed E-state index contributed by atoms with van der Waals surface area (Å²) in [5.41, 5.74) is 3.53. The lowest BCUT2D eigenvalue weighted by Gasteiger charge is -2.13. The quantitative estimate of drug-likeness (QED) is 0.665. The van der Waals surface area contributed by atoms with Crippen LogP contribution in [0.5, 0.6) is 0 Å². The largest absolute Gasteiger partial charge is 0.283 e. The highest BCUT2D eigenvalue weighted by Crippen LogP contribution is 2.36. The molecule has 25 heavy (non-hydrogen) atoms. The summed E-state index contributed by atoms with van der Waals surface area (Å²) in [5.74, 6) is -0.269. The molecule has 0 aromatic heterocycles. The Morgan fingerprint density at radius 2 is 1.52 bits per heavy atom. The van der Waals surface area contributed by atoms with E-state index < -0.39 is 10.0 Å². The van der Waals surface area contributed by atoms with Gasteiger partial charge >= 0.3 is 0 Å². The molecule has 0 atom stereocenters. The van der Waals surface area contributed by atoms with Gasteiger partial charge in [-0.1, -0.05) is 53.5 Å². The van der Waals surface area contributed by atoms with E-state index in [1.54, 1.807) is 18.2 Å². The maximum atomic E-state index is 12.7. The molecule has 0 heterocycles. The van der Waals surface area contributed by atoms with Gasteiger partial charge in [0.15, 0.2) is 0 Å². The lowest BCUT2D eigenvalue weighted by molar-refractivity contribution is 0.600. The first-order valence-electron chi connectivity index (χ1n) is 7.91. The summed E-state index contributed by atoms with van der Waals surface area (Å²) < 4.78 is 28.1. The number of aryl methyl sites for hydroxylation is 2. The van der Waals surface area contributed by atoms with Gasteiger partial charge in [-0.2, -0.15) is 0 Å². The van der Waals surface area contributed by atoms with E-state index in [2.05, 4.69) is 10.8 Å². The molecule has 0 bridgehead atoms. The number of halogens is 2. The molecule has 0 radical (unpaired) electrons. The molecule has 6 heteroatoms. The summed E-state index contributed by atoms with van der Waals surface area (Å²) in [4.78, 5) is 0. The van der Waals surface area contributed by atoms with Gasteiger partial charge in [0.1, 0.15) is 0 Å². The minimum absolute atomic E-state index is 0.269. The fraction of sp³-hybridized carbons (Fsp3) is 0.158. The fourth-order valence-electron chi connectivity index (χ4n) is 3.40. The van der Waals surface area contributed by atoms with Crippen LogP contribution in [0.15, 0.2) is 48.5 Å². The summed E-state index contributed by atoms with van der Waals surface area (Å²) >= 11 is 12.2. The Bertz CT molecular complexity index is 1060. The van der Waals surface area contributed by atoms with Crippen molar-refractivity contribution in [1.29, 1.82) is 0 Å². The molecular formula is C19H15Cl2NO2S. The molecule has 0 saturated heterocycles. The van der Waals surface area contributed by atoms with Crippen LogP contribution < -0.4 is 4.72 Å². The maximum absolute atomic E-state index is 12.7. The standard InChI is InChI=1S/C19H15Cl2NO2S/c20-16-5-2-6-17(21)15(16)11-25(23,24)22-18-10-9-13-8-7-12-3-1-4-14(18)19(12)13/h1-6,9-10,22H,7-8,11H2. The number of nitrogens with one attached hydrogen (secondary N) is 1. The van der Waals surface area contributed by atoms with Gasteiger partial charge in [-0.3, -0.25) is 4.72 Å². The molecule has 3 aromatic carbocycles. The van der Waals surface area contributed by atoms with Crippen molar-refractivity contribution in [2.24, 2.45) is 0 Å². The van der Waals surface area contributed by atoms with E-state index in [0.717, 1.165) is 18.2 Å². The number of hydrogen-bond acceptors (Lipinski definition) is 2. The minimum atomic E-state index is -3.65.